The molecule has 112 valence electrons. The molecule has 0 aliphatic rings. The van der Waals surface area contributed by atoms with Crippen molar-refractivity contribution >= 4 is 17.4 Å². The summed E-state index contributed by atoms with van der Waals surface area (Å²) in [6.45, 7) is 4.34. The number of nitrogens with zero attached hydrogens (tertiary/aromatic N) is 2. The van der Waals surface area contributed by atoms with Crippen LogP contribution in [0.1, 0.15) is 35.6 Å². The Morgan fingerprint density at radius 3 is 2.62 bits per heavy atom. The molecular formula is C16H19ClN2O2. The van der Waals surface area contributed by atoms with Gasteiger partial charge in [0.25, 0.3) is 0 Å². The van der Waals surface area contributed by atoms with Crippen LogP contribution >= 0.6 is 11.6 Å². The summed E-state index contributed by atoms with van der Waals surface area (Å²) in [5.41, 5.74) is 2.64. The summed E-state index contributed by atoms with van der Waals surface area (Å²) in [5.74, 6) is 0.551. The minimum Gasteiger partial charge on any atom is -0.495 e. The van der Waals surface area contributed by atoms with Gasteiger partial charge < -0.3 is 4.74 Å². The van der Waals surface area contributed by atoms with Crippen LogP contribution in [0.5, 0.6) is 5.75 Å². The molecule has 1 aromatic carbocycles. The first kappa shape index (κ1) is 15.6. The standard InChI is InChI=1S/C16H19ClN2O2/c1-4-12-9-13(5-2)19(18-12)10-15(20)11-6-7-16(21-3)14(17)8-11/h6-9H,4-5,10H2,1-3H3. The van der Waals surface area contributed by atoms with E-state index < -0.39 is 0 Å². The second-order valence-electron chi connectivity index (χ2n) is 4.76. The molecule has 0 N–H and O–H groups in total. The van der Waals surface area contributed by atoms with Crippen molar-refractivity contribution in [1.82, 2.24) is 9.78 Å². The van der Waals surface area contributed by atoms with Crippen molar-refractivity contribution in [3.8, 4) is 5.75 Å². The summed E-state index contributed by atoms with van der Waals surface area (Å²) in [6.07, 6.45) is 1.71. The molecule has 0 aliphatic heterocycles. The normalized spacial score (nSPS) is 10.7. The van der Waals surface area contributed by atoms with Crippen LogP contribution in [0.4, 0.5) is 0 Å². The van der Waals surface area contributed by atoms with Crippen molar-refractivity contribution in [2.24, 2.45) is 0 Å². The van der Waals surface area contributed by atoms with E-state index in [4.69, 9.17) is 16.3 Å². The number of carbonyl (C=O) groups is 1. The smallest absolute Gasteiger partial charge is 0.184 e. The largest absolute Gasteiger partial charge is 0.495 e. The number of ether oxygens (including phenoxy) is 1. The Bertz CT molecular complexity index is 650. The fraction of sp³-hybridized carbons (Fsp3) is 0.375. The summed E-state index contributed by atoms with van der Waals surface area (Å²) >= 11 is 6.06. The lowest BCUT2D eigenvalue weighted by atomic mass is 10.1. The van der Waals surface area contributed by atoms with Gasteiger partial charge in [-0.1, -0.05) is 25.4 Å². The molecule has 0 bridgehead atoms. The van der Waals surface area contributed by atoms with Crippen molar-refractivity contribution in [2.75, 3.05) is 7.11 Å². The first-order valence-corrected chi connectivity index (χ1v) is 7.39. The molecular weight excluding hydrogens is 288 g/mol. The van der Waals surface area contributed by atoms with Crippen LogP contribution in [0.25, 0.3) is 0 Å². The van der Waals surface area contributed by atoms with Gasteiger partial charge in [-0.2, -0.15) is 5.10 Å². The number of aromatic nitrogens is 2. The van der Waals surface area contributed by atoms with Crippen molar-refractivity contribution in [3.05, 3.63) is 46.2 Å². The molecule has 0 atom stereocenters. The van der Waals surface area contributed by atoms with E-state index in [1.807, 2.05) is 6.07 Å². The van der Waals surface area contributed by atoms with Gasteiger partial charge >= 0.3 is 0 Å². The number of hydrogen-bond acceptors (Lipinski definition) is 3. The number of hydrogen-bond donors (Lipinski definition) is 0. The maximum atomic E-state index is 12.4. The molecule has 4 nitrogen and oxygen atoms in total. The van der Waals surface area contributed by atoms with E-state index in [2.05, 4.69) is 18.9 Å². The highest BCUT2D eigenvalue weighted by molar-refractivity contribution is 6.32. The summed E-state index contributed by atoms with van der Waals surface area (Å²) in [5, 5.41) is 4.90. The Labute approximate surface area is 129 Å². The Kier molecular flexibility index (Phi) is 5.02. The minimum atomic E-state index is -0.0139. The Balaban J connectivity index is 2.21. The van der Waals surface area contributed by atoms with Crippen LogP contribution in [-0.4, -0.2) is 22.7 Å². The van der Waals surface area contributed by atoms with Gasteiger partial charge in [0.05, 0.1) is 17.8 Å². The Morgan fingerprint density at radius 2 is 2.05 bits per heavy atom. The van der Waals surface area contributed by atoms with Crippen molar-refractivity contribution < 1.29 is 9.53 Å². The molecule has 5 heteroatoms. The zero-order valence-electron chi connectivity index (χ0n) is 12.5. The van der Waals surface area contributed by atoms with Gasteiger partial charge in [0, 0.05) is 11.3 Å². The topological polar surface area (TPSA) is 44.1 Å². The van der Waals surface area contributed by atoms with Crippen LogP contribution < -0.4 is 4.74 Å². The maximum absolute atomic E-state index is 12.4. The lowest BCUT2D eigenvalue weighted by molar-refractivity contribution is 0.0966. The van der Waals surface area contributed by atoms with Gasteiger partial charge in [0.1, 0.15) is 12.3 Å². The number of methoxy groups -OCH3 is 1. The lowest BCUT2D eigenvalue weighted by Crippen LogP contribution is -2.14. The summed E-state index contributed by atoms with van der Waals surface area (Å²) < 4.78 is 6.87. The fourth-order valence-electron chi connectivity index (χ4n) is 2.18. The second kappa shape index (κ2) is 6.76. The molecule has 0 aliphatic carbocycles. The molecule has 0 amide bonds. The third-order valence-corrected chi connectivity index (χ3v) is 3.70. The second-order valence-corrected chi connectivity index (χ2v) is 5.17. The van der Waals surface area contributed by atoms with Gasteiger partial charge in [0.15, 0.2) is 5.78 Å². The molecule has 0 saturated carbocycles. The van der Waals surface area contributed by atoms with Gasteiger partial charge in [-0.3, -0.25) is 9.48 Å². The molecule has 0 spiro atoms. The average molecular weight is 307 g/mol. The van der Waals surface area contributed by atoms with E-state index in [0.29, 0.717) is 16.3 Å². The summed E-state index contributed by atoms with van der Waals surface area (Å²) in [6, 6.07) is 7.12. The molecule has 0 unspecified atom stereocenters. The number of carbonyl (C=O) groups excluding carboxylic acids is 1. The zero-order valence-corrected chi connectivity index (χ0v) is 13.3. The van der Waals surface area contributed by atoms with Gasteiger partial charge in [0.2, 0.25) is 0 Å². The quantitative estimate of drug-likeness (QED) is 0.767. The van der Waals surface area contributed by atoms with E-state index in [0.717, 1.165) is 24.2 Å². The van der Waals surface area contributed by atoms with Crippen LogP contribution in [0.15, 0.2) is 24.3 Å². The number of Topliss-reactive ketones (excluding diaryl/α,β-unsaturated/α-hetero) is 1. The molecule has 0 radical (unpaired) electrons. The highest BCUT2D eigenvalue weighted by atomic mass is 35.5. The van der Waals surface area contributed by atoms with E-state index in [9.17, 15) is 4.79 Å². The molecule has 1 aromatic heterocycles. The van der Waals surface area contributed by atoms with Crippen molar-refractivity contribution in [1.29, 1.82) is 0 Å². The summed E-state index contributed by atoms with van der Waals surface area (Å²) in [4.78, 5) is 12.4. The number of ketones is 1. The van der Waals surface area contributed by atoms with Crippen LogP contribution in [-0.2, 0) is 19.4 Å². The van der Waals surface area contributed by atoms with Gasteiger partial charge in [-0.25, -0.2) is 0 Å². The first-order chi connectivity index (χ1) is 10.1. The number of halogens is 1. The van der Waals surface area contributed by atoms with E-state index in [1.54, 1.807) is 30.0 Å². The van der Waals surface area contributed by atoms with E-state index in [-0.39, 0.29) is 12.3 Å². The SMILES string of the molecule is CCc1cc(CC)n(CC(=O)c2ccc(OC)c(Cl)c2)n1. The minimum absolute atomic E-state index is 0.0139. The first-order valence-electron chi connectivity index (χ1n) is 7.01. The number of rotatable bonds is 6. The van der Waals surface area contributed by atoms with Crippen LogP contribution in [0.3, 0.4) is 0 Å². The predicted octanol–water partition coefficient (Wildman–Crippen LogP) is 3.55. The maximum Gasteiger partial charge on any atom is 0.184 e. The van der Waals surface area contributed by atoms with Crippen molar-refractivity contribution in [2.45, 2.75) is 33.2 Å². The highest BCUT2D eigenvalue weighted by Gasteiger charge is 2.13. The Hall–Kier alpha value is -1.81. The Morgan fingerprint density at radius 1 is 1.29 bits per heavy atom. The average Bonchev–Trinajstić information content (AvgIpc) is 2.89. The number of aryl methyl sites for hydroxylation is 2. The molecule has 2 aromatic rings. The van der Waals surface area contributed by atoms with Crippen LogP contribution in [0.2, 0.25) is 5.02 Å². The summed E-state index contributed by atoms with van der Waals surface area (Å²) in [7, 11) is 1.55. The van der Waals surface area contributed by atoms with Gasteiger partial charge in [-0.15, -0.1) is 0 Å². The molecule has 0 saturated heterocycles. The third-order valence-electron chi connectivity index (χ3n) is 3.41. The lowest BCUT2D eigenvalue weighted by Gasteiger charge is -2.07. The molecule has 0 fully saturated rings. The van der Waals surface area contributed by atoms with Gasteiger partial charge in [-0.05, 0) is 37.1 Å². The van der Waals surface area contributed by atoms with E-state index in [1.165, 1.54) is 0 Å². The highest BCUT2D eigenvalue weighted by Crippen LogP contribution is 2.25. The third kappa shape index (κ3) is 3.45. The molecule has 2 rings (SSSR count). The van der Waals surface area contributed by atoms with Crippen molar-refractivity contribution in [3.63, 3.8) is 0 Å². The zero-order chi connectivity index (χ0) is 15.4. The molecule has 1 heterocycles. The van der Waals surface area contributed by atoms with E-state index >= 15 is 0 Å². The monoisotopic (exact) mass is 306 g/mol. The number of benzene rings is 1. The van der Waals surface area contributed by atoms with Crippen LogP contribution in [0, 0.1) is 0 Å². The molecule has 21 heavy (non-hydrogen) atoms. The fourth-order valence-corrected chi connectivity index (χ4v) is 2.43. The predicted molar refractivity (Wildman–Crippen MR) is 83.3 cm³/mol.